The monoisotopic (exact) mass is 451 g/mol. The number of amides is 1. The van der Waals surface area contributed by atoms with Gasteiger partial charge in [-0.1, -0.05) is 42.1 Å². The fourth-order valence-electron chi connectivity index (χ4n) is 3.66. The first-order chi connectivity index (χ1) is 15.2. The van der Waals surface area contributed by atoms with Crippen molar-refractivity contribution < 1.29 is 13.9 Å². The second-order valence-electron chi connectivity index (χ2n) is 7.10. The van der Waals surface area contributed by atoms with Gasteiger partial charge in [0.05, 0.1) is 23.8 Å². The Balaban J connectivity index is 1.34. The van der Waals surface area contributed by atoms with Gasteiger partial charge in [0.2, 0.25) is 5.91 Å². The van der Waals surface area contributed by atoms with Crippen LogP contribution in [0.2, 0.25) is 0 Å². The highest BCUT2D eigenvalue weighted by atomic mass is 32.2. The van der Waals surface area contributed by atoms with E-state index in [2.05, 4.69) is 15.3 Å². The van der Waals surface area contributed by atoms with Crippen molar-refractivity contribution in [1.82, 2.24) is 15.3 Å². The summed E-state index contributed by atoms with van der Waals surface area (Å²) in [5.74, 6) is 0.730. The fourth-order valence-corrected chi connectivity index (χ4v) is 5.47. The maximum absolute atomic E-state index is 13.3. The number of carbonyl (C=O) groups is 1. The number of halogens is 1. The maximum Gasteiger partial charge on any atom is 0.230 e. The molecule has 1 aliphatic rings. The number of para-hydroxylation sites is 1. The Morgan fingerprint density at radius 2 is 2.03 bits per heavy atom. The molecule has 3 heterocycles. The summed E-state index contributed by atoms with van der Waals surface area (Å²) in [6.45, 7) is 0.581. The molecule has 1 aliphatic heterocycles. The van der Waals surface area contributed by atoms with Crippen LogP contribution in [0.1, 0.15) is 18.0 Å². The number of nitrogens with zero attached hydrogens (tertiary/aromatic N) is 2. The molecule has 0 saturated carbocycles. The number of ether oxygens (including phenoxy) is 1. The third-order valence-corrected chi connectivity index (χ3v) is 7.00. The number of hydrogen-bond donors (Lipinski definition) is 1. The molecule has 5 nitrogen and oxygen atoms in total. The van der Waals surface area contributed by atoms with E-state index in [0.717, 1.165) is 44.1 Å². The molecule has 2 aromatic carbocycles. The van der Waals surface area contributed by atoms with E-state index in [1.54, 1.807) is 12.1 Å². The first-order valence-corrected chi connectivity index (χ1v) is 11.7. The molecule has 0 spiro atoms. The van der Waals surface area contributed by atoms with Crippen molar-refractivity contribution >= 4 is 39.2 Å². The predicted octanol–water partition coefficient (Wildman–Crippen LogP) is 5.23. The van der Waals surface area contributed by atoms with Gasteiger partial charge in [0.15, 0.2) is 0 Å². The number of hydrogen-bond acceptors (Lipinski definition) is 6. The van der Waals surface area contributed by atoms with Crippen LogP contribution in [0.3, 0.4) is 0 Å². The van der Waals surface area contributed by atoms with Gasteiger partial charge in [-0.05, 0) is 23.8 Å². The number of rotatable bonds is 5. The third kappa shape index (κ3) is 4.13. The molecular formula is C23H18FN3O2S2. The van der Waals surface area contributed by atoms with Crippen molar-refractivity contribution in [2.24, 2.45) is 0 Å². The Bertz CT molecular complexity index is 1240. The molecule has 1 unspecified atom stereocenters. The molecule has 8 heteroatoms. The SMILES string of the molecule is O=C(CSc1ncnc2scc(-c3ccc(F)cc3)c12)NC1CCOc2ccccc21. The zero-order valence-corrected chi connectivity index (χ0v) is 18.0. The number of aromatic nitrogens is 2. The van der Waals surface area contributed by atoms with Gasteiger partial charge in [-0.3, -0.25) is 4.79 Å². The van der Waals surface area contributed by atoms with E-state index in [-0.39, 0.29) is 23.5 Å². The van der Waals surface area contributed by atoms with Gasteiger partial charge in [0.1, 0.15) is 27.8 Å². The van der Waals surface area contributed by atoms with Crippen molar-refractivity contribution in [3.05, 3.63) is 71.6 Å². The van der Waals surface area contributed by atoms with Crippen LogP contribution in [0.25, 0.3) is 21.3 Å². The molecule has 0 saturated heterocycles. The van der Waals surface area contributed by atoms with Crippen molar-refractivity contribution in [2.75, 3.05) is 12.4 Å². The Labute approximate surface area is 186 Å². The van der Waals surface area contributed by atoms with Crippen LogP contribution in [0.15, 0.2) is 65.3 Å². The molecule has 0 radical (unpaired) electrons. The molecule has 2 aromatic heterocycles. The lowest BCUT2D eigenvalue weighted by molar-refractivity contribution is -0.119. The van der Waals surface area contributed by atoms with Crippen LogP contribution in [0.5, 0.6) is 5.75 Å². The number of fused-ring (bicyclic) bond motifs is 2. The minimum atomic E-state index is -0.277. The van der Waals surface area contributed by atoms with Crippen LogP contribution in [-0.2, 0) is 4.79 Å². The number of thiophene rings is 1. The normalized spacial score (nSPS) is 15.3. The average molecular weight is 452 g/mol. The van der Waals surface area contributed by atoms with E-state index in [0.29, 0.717) is 6.61 Å². The summed E-state index contributed by atoms with van der Waals surface area (Å²) < 4.78 is 19.0. The Kier molecular flexibility index (Phi) is 5.57. The van der Waals surface area contributed by atoms with E-state index in [4.69, 9.17) is 4.74 Å². The zero-order valence-electron chi connectivity index (χ0n) is 16.4. The van der Waals surface area contributed by atoms with Gasteiger partial charge in [-0.15, -0.1) is 11.3 Å². The summed E-state index contributed by atoms with van der Waals surface area (Å²) in [5.41, 5.74) is 2.85. The molecule has 0 fully saturated rings. The Morgan fingerprint density at radius 3 is 2.90 bits per heavy atom. The van der Waals surface area contributed by atoms with Crippen molar-refractivity contribution in [3.8, 4) is 16.9 Å². The summed E-state index contributed by atoms with van der Waals surface area (Å²) in [6, 6.07) is 14.1. The summed E-state index contributed by atoms with van der Waals surface area (Å²) in [7, 11) is 0. The van der Waals surface area contributed by atoms with Crippen molar-refractivity contribution in [3.63, 3.8) is 0 Å². The van der Waals surface area contributed by atoms with Gasteiger partial charge in [0, 0.05) is 22.9 Å². The molecule has 156 valence electrons. The lowest BCUT2D eigenvalue weighted by Crippen LogP contribution is -2.33. The average Bonchev–Trinajstić information content (AvgIpc) is 3.23. The highest BCUT2D eigenvalue weighted by Crippen LogP contribution is 2.38. The quantitative estimate of drug-likeness (QED) is 0.333. The van der Waals surface area contributed by atoms with Crippen LogP contribution in [0.4, 0.5) is 4.39 Å². The van der Waals surface area contributed by atoms with Gasteiger partial charge in [0.25, 0.3) is 0 Å². The molecule has 5 rings (SSSR count). The number of benzene rings is 2. The number of thioether (sulfide) groups is 1. The van der Waals surface area contributed by atoms with Crippen LogP contribution in [0, 0.1) is 5.82 Å². The van der Waals surface area contributed by atoms with E-state index >= 15 is 0 Å². The largest absolute Gasteiger partial charge is 0.493 e. The highest BCUT2D eigenvalue weighted by molar-refractivity contribution is 8.00. The number of carbonyl (C=O) groups excluding carboxylic acids is 1. The smallest absolute Gasteiger partial charge is 0.230 e. The van der Waals surface area contributed by atoms with E-state index < -0.39 is 0 Å². The minimum absolute atomic E-state index is 0.0561. The number of nitrogens with one attached hydrogen (secondary N) is 1. The lowest BCUT2D eigenvalue weighted by atomic mass is 10.0. The predicted molar refractivity (Wildman–Crippen MR) is 121 cm³/mol. The summed E-state index contributed by atoms with van der Waals surface area (Å²) in [4.78, 5) is 22.3. The lowest BCUT2D eigenvalue weighted by Gasteiger charge is -2.26. The van der Waals surface area contributed by atoms with Crippen LogP contribution in [-0.4, -0.2) is 28.2 Å². The first-order valence-electron chi connectivity index (χ1n) is 9.81. The summed E-state index contributed by atoms with van der Waals surface area (Å²) in [5, 5.41) is 6.75. The van der Waals surface area contributed by atoms with E-state index in [1.165, 1.54) is 41.6 Å². The molecule has 0 aliphatic carbocycles. The molecule has 1 atom stereocenters. The zero-order chi connectivity index (χ0) is 21.2. The third-order valence-electron chi connectivity index (χ3n) is 5.12. The maximum atomic E-state index is 13.3. The van der Waals surface area contributed by atoms with Crippen molar-refractivity contribution in [2.45, 2.75) is 17.5 Å². The van der Waals surface area contributed by atoms with Gasteiger partial charge in [-0.25, -0.2) is 14.4 Å². The van der Waals surface area contributed by atoms with Crippen LogP contribution >= 0.6 is 23.1 Å². The van der Waals surface area contributed by atoms with E-state index in [1.807, 2.05) is 29.6 Å². The van der Waals surface area contributed by atoms with Crippen LogP contribution < -0.4 is 10.1 Å². The van der Waals surface area contributed by atoms with Gasteiger partial charge >= 0.3 is 0 Å². The Morgan fingerprint density at radius 1 is 1.19 bits per heavy atom. The second-order valence-corrected chi connectivity index (χ2v) is 8.92. The van der Waals surface area contributed by atoms with E-state index in [9.17, 15) is 9.18 Å². The Hall–Kier alpha value is -2.97. The standard InChI is InChI=1S/C23H18FN3O2S2/c24-15-7-5-14(6-8-15)17-11-30-22-21(17)23(26-13-25-22)31-12-20(28)27-18-9-10-29-19-4-2-1-3-16(18)19/h1-8,11,13,18H,9-10,12H2,(H,27,28). The second kappa shape index (κ2) is 8.64. The topological polar surface area (TPSA) is 64.1 Å². The summed E-state index contributed by atoms with van der Waals surface area (Å²) in [6.07, 6.45) is 2.26. The molecule has 31 heavy (non-hydrogen) atoms. The van der Waals surface area contributed by atoms with Crippen molar-refractivity contribution in [1.29, 1.82) is 0 Å². The summed E-state index contributed by atoms with van der Waals surface area (Å²) >= 11 is 2.89. The van der Waals surface area contributed by atoms with Gasteiger partial charge < -0.3 is 10.1 Å². The fraction of sp³-hybridized carbons (Fsp3) is 0.174. The molecule has 4 aromatic rings. The molecule has 0 bridgehead atoms. The minimum Gasteiger partial charge on any atom is -0.493 e. The highest BCUT2D eigenvalue weighted by Gasteiger charge is 2.23. The first kappa shape index (κ1) is 20.0. The molecule has 1 N–H and O–H groups in total. The van der Waals surface area contributed by atoms with Gasteiger partial charge in [-0.2, -0.15) is 0 Å². The molecular weight excluding hydrogens is 433 g/mol. The molecule has 1 amide bonds.